The highest BCUT2D eigenvalue weighted by Gasteiger charge is 2.21. The van der Waals surface area contributed by atoms with E-state index in [9.17, 15) is 77.8 Å². The number of nitrogens with zero attached hydrogens (tertiary/aromatic N) is 3. The van der Waals surface area contributed by atoms with Crippen LogP contribution in [0.3, 0.4) is 0 Å². The zero-order valence-electron chi connectivity index (χ0n) is 34.6. The molecule has 0 radical (unpaired) electrons. The lowest BCUT2D eigenvalue weighted by atomic mass is 9.85. The molecule has 0 aromatic heterocycles. The van der Waals surface area contributed by atoms with Crippen molar-refractivity contribution in [2.24, 2.45) is 0 Å². The van der Waals surface area contributed by atoms with Crippen molar-refractivity contribution < 1.29 is 77.8 Å². The fraction of sp³-hybridized carbons (Fsp3) is 0.514. The largest absolute Gasteiger partial charge is 0.371 e. The maximum absolute atomic E-state index is 11.4. The van der Waals surface area contributed by atoms with Gasteiger partial charge in [-0.05, 0) is 91.6 Å². The van der Waals surface area contributed by atoms with Crippen LogP contribution in [0.2, 0.25) is 0 Å². The molecule has 0 bridgehead atoms. The van der Waals surface area contributed by atoms with E-state index < -0.39 is 101 Å². The lowest BCUT2D eigenvalue weighted by Crippen LogP contribution is -2.28. The van der Waals surface area contributed by atoms with Crippen molar-refractivity contribution in [2.75, 3.05) is 88.5 Å². The summed E-state index contributed by atoms with van der Waals surface area (Å²) in [6.07, 6.45) is -0.00555. The van der Waals surface area contributed by atoms with Gasteiger partial charge in [-0.2, -0.15) is 50.5 Å². The van der Waals surface area contributed by atoms with Gasteiger partial charge in [0, 0.05) is 62.2 Å². The Balaban J connectivity index is 2.09. The van der Waals surface area contributed by atoms with E-state index in [-0.39, 0.29) is 77.8 Å². The van der Waals surface area contributed by atoms with Crippen molar-refractivity contribution >= 4 is 77.8 Å². The number of anilines is 3. The molecular weight excluding hydrogens is 967 g/mol. The summed E-state index contributed by atoms with van der Waals surface area (Å²) in [6, 6.07) is 21.1. The molecule has 3 rings (SSSR count). The van der Waals surface area contributed by atoms with Crippen molar-refractivity contribution in [3.63, 3.8) is 0 Å². The predicted octanol–water partition coefficient (Wildman–Crippen LogP) is 2.95. The molecule has 0 saturated carbocycles. The van der Waals surface area contributed by atoms with Gasteiger partial charge in [0.15, 0.2) is 0 Å². The standard InChI is InChI=1S/C37H55N3O18S6/c41-59(42,43)25-1-19-38(20-2-26-60(44,45)46)34-13-7-31(8-14-34)37(32-9-15-35(16-10-32)39(21-3-27-61(47,48)49)22-4-28-62(50,51)52)33-11-17-36(18-12-33)40(23-5-29-63(53,54)55)24-6-30-64(56,57)58/h7-18,37H,1-6,19-30H2,(H,41,42,43)(H,44,45,46)(H,47,48,49)(H,50,51,52)(H,53,54,55)(H,56,57,58). The van der Waals surface area contributed by atoms with Crippen LogP contribution >= 0.6 is 0 Å². The van der Waals surface area contributed by atoms with Gasteiger partial charge in [-0.3, -0.25) is 27.3 Å². The summed E-state index contributed by atoms with van der Waals surface area (Å²) < 4.78 is 193. The molecular formula is C37H55N3O18S6. The Kier molecular flexibility index (Phi) is 20.4. The smallest absolute Gasteiger partial charge is 0.264 e. The van der Waals surface area contributed by atoms with E-state index in [1.165, 1.54) is 0 Å². The molecule has 0 aliphatic carbocycles. The Morgan fingerprint density at radius 2 is 0.453 bits per heavy atom. The van der Waals surface area contributed by atoms with Gasteiger partial charge in [-0.25, -0.2) is 0 Å². The van der Waals surface area contributed by atoms with Crippen LogP contribution in [0.1, 0.15) is 61.1 Å². The molecule has 0 amide bonds. The molecule has 0 aliphatic heterocycles. The number of hydrogen-bond acceptors (Lipinski definition) is 15. The number of benzene rings is 3. The van der Waals surface area contributed by atoms with Crippen LogP contribution in [0, 0.1) is 0 Å². The van der Waals surface area contributed by atoms with Crippen molar-refractivity contribution in [2.45, 2.75) is 44.4 Å². The van der Waals surface area contributed by atoms with Crippen molar-refractivity contribution in [1.29, 1.82) is 0 Å². The zero-order chi connectivity index (χ0) is 48.0. The van der Waals surface area contributed by atoms with Gasteiger partial charge < -0.3 is 14.7 Å². The first kappa shape index (κ1) is 54.9. The lowest BCUT2D eigenvalue weighted by Gasteiger charge is -2.28. The third kappa shape index (κ3) is 22.6. The Morgan fingerprint density at radius 1 is 0.297 bits per heavy atom. The van der Waals surface area contributed by atoms with E-state index in [4.69, 9.17) is 0 Å². The number of hydrogen-bond donors (Lipinski definition) is 6. The molecule has 64 heavy (non-hydrogen) atoms. The fourth-order valence-corrected chi connectivity index (χ4v) is 9.91. The van der Waals surface area contributed by atoms with Crippen LogP contribution in [-0.2, 0) is 60.7 Å². The minimum absolute atomic E-state index is 0.000925. The topological polar surface area (TPSA) is 336 Å². The van der Waals surface area contributed by atoms with Gasteiger partial charge in [-0.1, -0.05) is 36.4 Å². The second-order valence-corrected chi connectivity index (χ2v) is 24.4. The summed E-state index contributed by atoms with van der Waals surface area (Å²) in [5, 5.41) is 0. The minimum atomic E-state index is -4.29. The Hall–Kier alpha value is -3.48. The van der Waals surface area contributed by atoms with Gasteiger partial charge in [0.05, 0.1) is 34.5 Å². The summed E-state index contributed by atoms with van der Waals surface area (Å²) in [5.74, 6) is -3.83. The summed E-state index contributed by atoms with van der Waals surface area (Å²) in [5.41, 5.74) is 3.85. The molecule has 6 N–H and O–H groups in total. The highest BCUT2D eigenvalue weighted by Crippen LogP contribution is 2.35. The van der Waals surface area contributed by atoms with Gasteiger partial charge >= 0.3 is 0 Å². The van der Waals surface area contributed by atoms with Crippen LogP contribution < -0.4 is 14.7 Å². The van der Waals surface area contributed by atoms with Crippen LogP contribution in [0.5, 0.6) is 0 Å². The highest BCUT2D eigenvalue weighted by molar-refractivity contribution is 7.86. The van der Waals surface area contributed by atoms with Crippen LogP contribution in [-0.4, -0.2) is 152 Å². The summed E-state index contributed by atoms with van der Waals surface area (Å²) in [7, 11) is -25.7. The molecule has 21 nitrogen and oxygen atoms in total. The third-order valence-electron chi connectivity index (χ3n) is 9.76. The SMILES string of the molecule is O=S(=O)(O)CCCN(CCCS(=O)(=O)O)c1ccc(C(c2ccc(N(CCCS(=O)(=O)O)CCCS(=O)(=O)O)cc2)c2ccc(N(CCCS(=O)(=O)O)CCCS(=O)(=O)O)cc2)cc1. The van der Waals surface area contributed by atoms with Crippen molar-refractivity contribution in [3.8, 4) is 0 Å². The average Bonchev–Trinajstić information content (AvgIpc) is 3.14. The maximum Gasteiger partial charge on any atom is 0.264 e. The molecule has 27 heteroatoms. The Bertz CT molecular complexity index is 2220. The van der Waals surface area contributed by atoms with Gasteiger partial charge in [0.25, 0.3) is 60.7 Å². The molecule has 362 valence electrons. The third-order valence-corrected chi connectivity index (χ3v) is 14.6. The normalized spacial score (nSPS) is 13.0. The maximum atomic E-state index is 11.4. The molecule has 3 aromatic rings. The van der Waals surface area contributed by atoms with E-state index in [1.807, 2.05) is 0 Å². The minimum Gasteiger partial charge on any atom is -0.371 e. The molecule has 0 spiro atoms. The highest BCUT2D eigenvalue weighted by atomic mass is 32.2. The first-order valence-electron chi connectivity index (χ1n) is 19.7. The van der Waals surface area contributed by atoms with E-state index in [1.54, 1.807) is 87.5 Å². The molecule has 0 saturated heterocycles. The summed E-state index contributed by atoms with van der Waals surface area (Å²) in [4.78, 5) is 5.11. The molecule has 0 heterocycles. The molecule has 0 aliphatic rings. The van der Waals surface area contributed by atoms with Crippen LogP contribution in [0.25, 0.3) is 0 Å². The summed E-state index contributed by atoms with van der Waals surface area (Å²) >= 11 is 0. The lowest BCUT2D eigenvalue weighted by molar-refractivity contribution is 0.477. The van der Waals surface area contributed by atoms with Gasteiger partial charge in [-0.15, -0.1) is 0 Å². The molecule has 0 fully saturated rings. The van der Waals surface area contributed by atoms with Gasteiger partial charge in [0.2, 0.25) is 0 Å². The molecule has 0 atom stereocenters. The average molecular weight is 1020 g/mol. The van der Waals surface area contributed by atoms with Crippen LogP contribution in [0.4, 0.5) is 17.1 Å². The summed E-state index contributed by atoms with van der Waals surface area (Å²) in [6.45, 7) is 0.624. The number of rotatable bonds is 30. The van der Waals surface area contributed by atoms with Crippen LogP contribution in [0.15, 0.2) is 72.8 Å². The monoisotopic (exact) mass is 1020 g/mol. The van der Waals surface area contributed by atoms with E-state index >= 15 is 0 Å². The fourth-order valence-electron chi connectivity index (χ4n) is 6.95. The second-order valence-electron chi connectivity index (χ2n) is 15.0. The Labute approximate surface area is 376 Å². The van der Waals surface area contributed by atoms with Crippen molar-refractivity contribution in [1.82, 2.24) is 0 Å². The van der Waals surface area contributed by atoms with Gasteiger partial charge in [0.1, 0.15) is 0 Å². The van der Waals surface area contributed by atoms with E-state index in [0.717, 1.165) is 16.7 Å². The second kappa shape index (κ2) is 23.8. The quantitative estimate of drug-likeness (QED) is 0.0413. The zero-order valence-corrected chi connectivity index (χ0v) is 39.5. The van der Waals surface area contributed by atoms with E-state index in [2.05, 4.69) is 0 Å². The van der Waals surface area contributed by atoms with E-state index in [0.29, 0.717) is 17.1 Å². The molecule has 0 unspecified atom stereocenters. The Morgan fingerprint density at radius 3 is 0.594 bits per heavy atom. The van der Waals surface area contributed by atoms with Crippen molar-refractivity contribution in [3.05, 3.63) is 89.5 Å². The molecule has 3 aromatic carbocycles. The predicted molar refractivity (Wildman–Crippen MR) is 243 cm³/mol. The first-order chi connectivity index (χ1) is 29.5. The first-order valence-corrected chi connectivity index (χ1v) is 29.4.